The maximum Gasteiger partial charge on any atom is 0.314 e. The Morgan fingerprint density at radius 1 is 1.50 bits per heavy atom. The summed E-state index contributed by atoms with van der Waals surface area (Å²) >= 11 is 0. The minimum absolute atomic E-state index is 0.148. The highest BCUT2D eigenvalue weighted by Gasteiger charge is 2.26. The number of methoxy groups -OCH3 is 1. The standard InChI is InChI=1S/C11H13NO2/c1-14-11(13)10-7-12-6-8-4-2-3-5-9(8)10/h2-5,10,12H,6-7H2,1H3/t10-/m0/s1. The van der Waals surface area contributed by atoms with Gasteiger partial charge in [-0.15, -0.1) is 0 Å². The Morgan fingerprint density at radius 3 is 3.07 bits per heavy atom. The summed E-state index contributed by atoms with van der Waals surface area (Å²) in [5, 5.41) is 3.21. The van der Waals surface area contributed by atoms with E-state index in [2.05, 4.69) is 5.32 Å². The number of ether oxygens (including phenoxy) is 1. The fourth-order valence-corrected chi connectivity index (χ4v) is 1.85. The van der Waals surface area contributed by atoms with Crippen LogP contribution in [0.4, 0.5) is 0 Å². The normalized spacial score (nSPS) is 19.9. The first-order chi connectivity index (χ1) is 6.83. The zero-order chi connectivity index (χ0) is 9.97. The number of carbonyl (C=O) groups excluding carboxylic acids is 1. The van der Waals surface area contributed by atoms with Gasteiger partial charge in [0.2, 0.25) is 0 Å². The molecule has 1 aromatic rings. The van der Waals surface area contributed by atoms with Gasteiger partial charge in [-0.05, 0) is 11.1 Å². The summed E-state index contributed by atoms with van der Waals surface area (Å²) in [6, 6.07) is 7.98. The molecule has 0 bridgehead atoms. The molecule has 0 aliphatic carbocycles. The average molecular weight is 191 g/mol. The van der Waals surface area contributed by atoms with Gasteiger partial charge in [0.25, 0.3) is 0 Å². The molecular weight excluding hydrogens is 178 g/mol. The van der Waals surface area contributed by atoms with E-state index in [1.54, 1.807) is 0 Å². The van der Waals surface area contributed by atoms with Crippen LogP contribution in [-0.2, 0) is 16.1 Å². The fourth-order valence-electron chi connectivity index (χ4n) is 1.85. The second-order valence-corrected chi connectivity index (χ2v) is 3.41. The van der Waals surface area contributed by atoms with E-state index in [0.717, 1.165) is 12.1 Å². The summed E-state index contributed by atoms with van der Waals surface area (Å²) in [5.74, 6) is -0.311. The molecule has 1 aliphatic rings. The minimum Gasteiger partial charge on any atom is -0.469 e. The highest BCUT2D eigenvalue weighted by molar-refractivity contribution is 5.79. The summed E-state index contributed by atoms with van der Waals surface area (Å²) in [7, 11) is 1.43. The lowest BCUT2D eigenvalue weighted by atomic mass is 9.91. The van der Waals surface area contributed by atoms with Crippen LogP contribution in [-0.4, -0.2) is 19.6 Å². The van der Waals surface area contributed by atoms with Crippen LogP contribution >= 0.6 is 0 Å². The molecule has 0 saturated heterocycles. The van der Waals surface area contributed by atoms with E-state index in [9.17, 15) is 4.79 Å². The maximum atomic E-state index is 11.5. The molecule has 0 radical (unpaired) electrons. The van der Waals surface area contributed by atoms with E-state index in [1.165, 1.54) is 12.7 Å². The van der Waals surface area contributed by atoms with Gasteiger partial charge in [-0.25, -0.2) is 0 Å². The van der Waals surface area contributed by atoms with Crippen LogP contribution in [0.2, 0.25) is 0 Å². The van der Waals surface area contributed by atoms with Crippen molar-refractivity contribution in [3.8, 4) is 0 Å². The molecule has 1 aromatic carbocycles. The van der Waals surface area contributed by atoms with Crippen molar-refractivity contribution >= 4 is 5.97 Å². The summed E-state index contributed by atoms with van der Waals surface area (Å²) in [5.41, 5.74) is 2.28. The van der Waals surface area contributed by atoms with Gasteiger partial charge < -0.3 is 10.1 Å². The van der Waals surface area contributed by atoms with Crippen molar-refractivity contribution in [3.05, 3.63) is 35.4 Å². The van der Waals surface area contributed by atoms with E-state index in [1.807, 2.05) is 24.3 Å². The monoisotopic (exact) mass is 191 g/mol. The lowest BCUT2D eigenvalue weighted by Gasteiger charge is -2.24. The number of hydrogen-bond donors (Lipinski definition) is 1. The van der Waals surface area contributed by atoms with E-state index in [4.69, 9.17) is 4.74 Å². The molecule has 0 saturated carbocycles. The van der Waals surface area contributed by atoms with Gasteiger partial charge in [-0.3, -0.25) is 4.79 Å². The van der Waals surface area contributed by atoms with E-state index < -0.39 is 0 Å². The Morgan fingerprint density at radius 2 is 2.29 bits per heavy atom. The predicted octanol–water partition coefficient (Wildman–Crippen LogP) is 1.05. The summed E-state index contributed by atoms with van der Waals surface area (Å²) in [6.45, 7) is 1.51. The first-order valence-electron chi connectivity index (χ1n) is 4.69. The van der Waals surface area contributed by atoms with Gasteiger partial charge in [0.15, 0.2) is 0 Å². The molecule has 0 amide bonds. The number of hydrogen-bond acceptors (Lipinski definition) is 3. The van der Waals surface area contributed by atoms with Crippen LogP contribution in [0.3, 0.4) is 0 Å². The Balaban J connectivity index is 2.35. The number of esters is 1. The van der Waals surface area contributed by atoms with Crippen LogP contribution in [0.25, 0.3) is 0 Å². The minimum atomic E-state index is -0.162. The summed E-state index contributed by atoms with van der Waals surface area (Å²) in [6.07, 6.45) is 0. The van der Waals surface area contributed by atoms with Crippen molar-refractivity contribution in [2.24, 2.45) is 0 Å². The van der Waals surface area contributed by atoms with Crippen LogP contribution in [0.1, 0.15) is 17.0 Å². The largest absolute Gasteiger partial charge is 0.469 e. The van der Waals surface area contributed by atoms with E-state index in [-0.39, 0.29) is 11.9 Å². The predicted molar refractivity (Wildman–Crippen MR) is 52.9 cm³/mol. The molecule has 0 spiro atoms. The smallest absolute Gasteiger partial charge is 0.314 e. The summed E-state index contributed by atoms with van der Waals surface area (Å²) in [4.78, 5) is 11.5. The van der Waals surface area contributed by atoms with Crippen molar-refractivity contribution in [2.45, 2.75) is 12.5 Å². The Bertz CT molecular complexity index is 349. The molecule has 0 fully saturated rings. The second-order valence-electron chi connectivity index (χ2n) is 3.41. The van der Waals surface area contributed by atoms with Crippen molar-refractivity contribution < 1.29 is 9.53 Å². The number of rotatable bonds is 1. The molecule has 1 N–H and O–H groups in total. The number of benzene rings is 1. The van der Waals surface area contributed by atoms with Gasteiger partial charge in [-0.1, -0.05) is 24.3 Å². The first-order valence-corrected chi connectivity index (χ1v) is 4.69. The second kappa shape index (κ2) is 3.80. The highest BCUT2D eigenvalue weighted by Crippen LogP contribution is 2.24. The molecule has 0 aromatic heterocycles. The van der Waals surface area contributed by atoms with Crippen LogP contribution in [0.5, 0.6) is 0 Å². The van der Waals surface area contributed by atoms with Crippen molar-refractivity contribution in [1.29, 1.82) is 0 Å². The Hall–Kier alpha value is -1.35. The lowest BCUT2D eigenvalue weighted by molar-refractivity contribution is -0.142. The molecule has 1 aliphatic heterocycles. The van der Waals surface area contributed by atoms with Gasteiger partial charge in [-0.2, -0.15) is 0 Å². The lowest BCUT2D eigenvalue weighted by Crippen LogP contribution is -2.33. The third kappa shape index (κ3) is 1.51. The van der Waals surface area contributed by atoms with Crippen molar-refractivity contribution in [1.82, 2.24) is 5.32 Å². The van der Waals surface area contributed by atoms with Crippen LogP contribution in [0.15, 0.2) is 24.3 Å². The molecule has 1 atom stereocenters. The van der Waals surface area contributed by atoms with Crippen LogP contribution < -0.4 is 5.32 Å². The molecule has 74 valence electrons. The molecule has 3 nitrogen and oxygen atoms in total. The van der Waals surface area contributed by atoms with E-state index in [0.29, 0.717) is 6.54 Å². The molecule has 0 unspecified atom stereocenters. The molecule has 14 heavy (non-hydrogen) atoms. The maximum absolute atomic E-state index is 11.5. The highest BCUT2D eigenvalue weighted by atomic mass is 16.5. The topological polar surface area (TPSA) is 38.3 Å². The quantitative estimate of drug-likeness (QED) is 0.674. The van der Waals surface area contributed by atoms with Gasteiger partial charge >= 0.3 is 5.97 Å². The van der Waals surface area contributed by atoms with Crippen molar-refractivity contribution in [3.63, 3.8) is 0 Å². The first kappa shape index (κ1) is 9.21. The Labute approximate surface area is 83.1 Å². The van der Waals surface area contributed by atoms with E-state index >= 15 is 0 Å². The van der Waals surface area contributed by atoms with Gasteiger partial charge in [0, 0.05) is 13.1 Å². The number of carbonyl (C=O) groups is 1. The van der Waals surface area contributed by atoms with Crippen molar-refractivity contribution in [2.75, 3.05) is 13.7 Å². The number of nitrogens with one attached hydrogen (secondary N) is 1. The SMILES string of the molecule is COC(=O)[C@H]1CNCc2ccccc21. The fraction of sp³-hybridized carbons (Fsp3) is 0.364. The molecule has 3 heteroatoms. The Kier molecular flexibility index (Phi) is 2.50. The molecule has 2 rings (SSSR count). The zero-order valence-corrected chi connectivity index (χ0v) is 8.12. The van der Waals surface area contributed by atoms with Gasteiger partial charge in [0.1, 0.15) is 0 Å². The van der Waals surface area contributed by atoms with Gasteiger partial charge in [0.05, 0.1) is 13.0 Å². The zero-order valence-electron chi connectivity index (χ0n) is 8.12. The summed E-state index contributed by atoms with van der Waals surface area (Å²) < 4.78 is 4.77. The van der Waals surface area contributed by atoms with Crippen LogP contribution in [0, 0.1) is 0 Å². The molecular formula is C11H13NO2. The average Bonchev–Trinajstić information content (AvgIpc) is 2.27. The number of fused-ring (bicyclic) bond motifs is 1. The third-order valence-corrected chi connectivity index (χ3v) is 2.58. The molecule has 1 heterocycles. The third-order valence-electron chi connectivity index (χ3n) is 2.58.